The van der Waals surface area contributed by atoms with Crippen molar-refractivity contribution in [1.82, 2.24) is 19.7 Å². The van der Waals surface area contributed by atoms with Crippen LogP contribution >= 0.6 is 15.9 Å². The van der Waals surface area contributed by atoms with Crippen molar-refractivity contribution in [1.29, 1.82) is 0 Å². The zero-order chi connectivity index (χ0) is 19.1. The Balaban J connectivity index is 1.43. The molecule has 1 atom stereocenters. The fourth-order valence-electron chi connectivity index (χ4n) is 3.27. The fourth-order valence-corrected chi connectivity index (χ4v) is 3.53. The van der Waals surface area contributed by atoms with Gasteiger partial charge in [0, 0.05) is 15.6 Å². The lowest BCUT2D eigenvalue weighted by atomic mass is 10.1. The van der Waals surface area contributed by atoms with Crippen LogP contribution in [0.3, 0.4) is 0 Å². The van der Waals surface area contributed by atoms with E-state index in [4.69, 9.17) is 9.26 Å². The molecular formula is C20H14BrFN4O2. The molecule has 0 saturated carbocycles. The van der Waals surface area contributed by atoms with Crippen LogP contribution in [0.2, 0.25) is 0 Å². The topological polar surface area (TPSA) is 66.0 Å². The van der Waals surface area contributed by atoms with Crippen molar-refractivity contribution in [3.05, 3.63) is 76.4 Å². The van der Waals surface area contributed by atoms with Gasteiger partial charge in [0.1, 0.15) is 11.9 Å². The second kappa shape index (κ2) is 6.96. The minimum absolute atomic E-state index is 0.271. The van der Waals surface area contributed by atoms with Crippen molar-refractivity contribution in [2.75, 3.05) is 0 Å². The van der Waals surface area contributed by atoms with Crippen LogP contribution in [0.25, 0.3) is 23.0 Å². The van der Waals surface area contributed by atoms with Gasteiger partial charge in [0.2, 0.25) is 5.82 Å². The van der Waals surface area contributed by atoms with Crippen LogP contribution < -0.4 is 0 Å². The molecular weight excluding hydrogens is 427 g/mol. The standard InChI is InChI=1S/C20H14BrFN4O2/c21-13-7-5-12(6-8-13)19-24-20(28-25-19)18-16-10-27-17(9-26(16)11-23-18)14-3-1-2-4-15(14)22/h1-8,11,17H,9-10H2/t17-/m1/s1. The minimum Gasteiger partial charge on any atom is -0.365 e. The van der Waals surface area contributed by atoms with Gasteiger partial charge in [0.25, 0.3) is 5.89 Å². The van der Waals surface area contributed by atoms with E-state index in [0.29, 0.717) is 29.5 Å². The Morgan fingerprint density at radius 2 is 1.93 bits per heavy atom. The zero-order valence-corrected chi connectivity index (χ0v) is 16.1. The van der Waals surface area contributed by atoms with Gasteiger partial charge in [-0.3, -0.25) is 0 Å². The molecule has 0 spiro atoms. The van der Waals surface area contributed by atoms with Crippen LogP contribution in [-0.2, 0) is 17.9 Å². The molecule has 0 bridgehead atoms. The number of fused-ring (bicyclic) bond motifs is 1. The monoisotopic (exact) mass is 440 g/mol. The summed E-state index contributed by atoms with van der Waals surface area (Å²) in [5.74, 6) is 0.553. The number of ether oxygens (including phenoxy) is 1. The molecule has 0 fully saturated rings. The Labute approximate surface area is 168 Å². The number of imidazole rings is 1. The molecule has 2 aromatic carbocycles. The zero-order valence-electron chi connectivity index (χ0n) is 14.5. The number of halogens is 2. The average molecular weight is 441 g/mol. The highest BCUT2D eigenvalue weighted by atomic mass is 79.9. The maximum atomic E-state index is 14.1. The van der Waals surface area contributed by atoms with Crippen LogP contribution in [0.15, 0.2) is 63.9 Å². The lowest BCUT2D eigenvalue weighted by Crippen LogP contribution is -2.21. The molecule has 1 aliphatic rings. The smallest absolute Gasteiger partial charge is 0.278 e. The van der Waals surface area contributed by atoms with Crippen molar-refractivity contribution in [3.63, 3.8) is 0 Å². The first kappa shape index (κ1) is 17.3. The summed E-state index contributed by atoms with van der Waals surface area (Å²) in [4.78, 5) is 8.89. The van der Waals surface area contributed by atoms with Crippen molar-refractivity contribution in [3.8, 4) is 23.0 Å². The normalized spacial score (nSPS) is 16.1. The molecule has 4 aromatic rings. The molecule has 2 aromatic heterocycles. The van der Waals surface area contributed by atoms with Gasteiger partial charge in [-0.1, -0.05) is 39.3 Å². The van der Waals surface area contributed by atoms with E-state index in [1.807, 2.05) is 28.8 Å². The maximum Gasteiger partial charge on any atom is 0.278 e. The van der Waals surface area contributed by atoms with Crippen molar-refractivity contribution in [2.45, 2.75) is 19.3 Å². The maximum absolute atomic E-state index is 14.1. The molecule has 0 aliphatic carbocycles. The van der Waals surface area contributed by atoms with Crippen LogP contribution in [0, 0.1) is 5.82 Å². The molecule has 0 unspecified atom stereocenters. The summed E-state index contributed by atoms with van der Waals surface area (Å²) in [5.41, 5.74) is 2.81. The summed E-state index contributed by atoms with van der Waals surface area (Å²) in [6.07, 6.45) is 1.33. The number of hydrogen-bond acceptors (Lipinski definition) is 5. The first-order chi connectivity index (χ1) is 13.7. The van der Waals surface area contributed by atoms with Gasteiger partial charge in [-0.15, -0.1) is 0 Å². The van der Waals surface area contributed by atoms with Gasteiger partial charge < -0.3 is 13.8 Å². The van der Waals surface area contributed by atoms with Gasteiger partial charge in [0.15, 0.2) is 5.69 Å². The summed E-state index contributed by atoms with van der Waals surface area (Å²) in [5, 5.41) is 4.05. The summed E-state index contributed by atoms with van der Waals surface area (Å²) >= 11 is 3.41. The van der Waals surface area contributed by atoms with Crippen LogP contribution in [0.1, 0.15) is 17.4 Å². The third-order valence-electron chi connectivity index (χ3n) is 4.71. The Kier molecular flexibility index (Phi) is 4.29. The second-order valence-corrected chi connectivity index (χ2v) is 7.36. The number of rotatable bonds is 3. The van der Waals surface area contributed by atoms with E-state index in [2.05, 4.69) is 31.1 Å². The first-order valence-electron chi connectivity index (χ1n) is 8.69. The summed E-state index contributed by atoms with van der Waals surface area (Å²) in [7, 11) is 0. The van der Waals surface area contributed by atoms with Gasteiger partial charge in [-0.2, -0.15) is 4.98 Å². The Morgan fingerprint density at radius 3 is 2.75 bits per heavy atom. The lowest BCUT2D eigenvalue weighted by molar-refractivity contribution is 0.00126. The summed E-state index contributed by atoms with van der Waals surface area (Å²) in [6, 6.07) is 14.3. The van der Waals surface area contributed by atoms with Crippen molar-refractivity contribution >= 4 is 15.9 Å². The Bertz CT molecular complexity index is 1140. The second-order valence-electron chi connectivity index (χ2n) is 6.44. The Morgan fingerprint density at radius 1 is 1.11 bits per heavy atom. The quantitative estimate of drug-likeness (QED) is 0.458. The van der Waals surface area contributed by atoms with Crippen molar-refractivity contribution < 1.29 is 13.7 Å². The summed E-state index contributed by atoms with van der Waals surface area (Å²) in [6.45, 7) is 0.751. The highest BCUT2D eigenvalue weighted by Gasteiger charge is 2.27. The number of benzene rings is 2. The van der Waals surface area contributed by atoms with Crippen molar-refractivity contribution in [2.24, 2.45) is 0 Å². The van der Waals surface area contributed by atoms with E-state index in [1.165, 1.54) is 6.07 Å². The molecule has 5 rings (SSSR count). The van der Waals surface area contributed by atoms with Crippen LogP contribution in [0.5, 0.6) is 0 Å². The lowest BCUT2D eigenvalue weighted by Gasteiger charge is -2.25. The van der Waals surface area contributed by atoms with E-state index in [1.54, 1.807) is 24.5 Å². The average Bonchev–Trinajstić information content (AvgIpc) is 3.35. The van der Waals surface area contributed by atoms with Gasteiger partial charge in [-0.05, 0) is 30.3 Å². The molecule has 0 amide bonds. The van der Waals surface area contributed by atoms with E-state index in [9.17, 15) is 4.39 Å². The SMILES string of the molecule is Fc1ccccc1[C@H]1Cn2cnc(-c3nc(-c4ccc(Br)cc4)no3)c2CO1. The van der Waals surface area contributed by atoms with Crippen LogP contribution in [0.4, 0.5) is 4.39 Å². The minimum atomic E-state index is -0.364. The van der Waals surface area contributed by atoms with Gasteiger partial charge >= 0.3 is 0 Å². The number of hydrogen-bond donors (Lipinski definition) is 0. The molecule has 0 radical (unpaired) electrons. The third kappa shape index (κ3) is 3.04. The van der Waals surface area contributed by atoms with Crippen LogP contribution in [-0.4, -0.2) is 19.7 Å². The molecule has 3 heterocycles. The molecule has 8 heteroatoms. The fraction of sp³-hybridized carbons (Fsp3) is 0.150. The van der Waals surface area contributed by atoms with E-state index >= 15 is 0 Å². The predicted octanol–water partition coefficient (Wildman–Crippen LogP) is 4.77. The summed E-state index contributed by atoms with van der Waals surface area (Å²) < 4.78 is 28.3. The molecule has 140 valence electrons. The molecule has 6 nitrogen and oxygen atoms in total. The molecule has 0 N–H and O–H groups in total. The number of aromatic nitrogens is 4. The van der Waals surface area contributed by atoms with Gasteiger partial charge in [0.05, 0.1) is 25.2 Å². The molecule has 1 aliphatic heterocycles. The van der Waals surface area contributed by atoms with E-state index in [-0.39, 0.29) is 18.5 Å². The predicted molar refractivity (Wildman–Crippen MR) is 103 cm³/mol. The highest BCUT2D eigenvalue weighted by molar-refractivity contribution is 9.10. The Hall–Kier alpha value is -2.84. The van der Waals surface area contributed by atoms with E-state index in [0.717, 1.165) is 15.7 Å². The number of nitrogens with zero attached hydrogens (tertiary/aromatic N) is 4. The first-order valence-corrected chi connectivity index (χ1v) is 9.48. The molecule has 0 saturated heterocycles. The largest absolute Gasteiger partial charge is 0.365 e. The third-order valence-corrected chi connectivity index (χ3v) is 5.24. The van der Waals surface area contributed by atoms with E-state index < -0.39 is 0 Å². The highest BCUT2D eigenvalue weighted by Crippen LogP contribution is 2.32. The molecule has 28 heavy (non-hydrogen) atoms. The van der Waals surface area contributed by atoms with Gasteiger partial charge in [-0.25, -0.2) is 9.37 Å².